The predicted molar refractivity (Wildman–Crippen MR) is 82.9 cm³/mol. The number of hydrogen-bond donors (Lipinski definition) is 0. The van der Waals surface area contributed by atoms with Gasteiger partial charge in [0, 0.05) is 11.1 Å². The predicted octanol–water partition coefficient (Wildman–Crippen LogP) is 5.30. The molecule has 0 saturated carbocycles. The maximum Gasteiger partial charge on any atom is 0.392 e. The van der Waals surface area contributed by atoms with E-state index in [1.54, 1.807) is 60.7 Å². The Labute approximate surface area is 132 Å². The van der Waals surface area contributed by atoms with Gasteiger partial charge in [-0.3, -0.25) is 4.79 Å². The average molecular weight is 316 g/mol. The van der Waals surface area contributed by atoms with Crippen molar-refractivity contribution in [2.75, 3.05) is 0 Å². The molecule has 1 atom stereocenters. The normalized spacial score (nSPS) is 18.3. The number of allylic oxidation sites excluding steroid dienone is 2. The summed E-state index contributed by atoms with van der Waals surface area (Å²) in [6.07, 6.45) is -4.68. The van der Waals surface area contributed by atoms with Gasteiger partial charge < -0.3 is 0 Å². The number of hydrogen-bond acceptors (Lipinski definition) is 1. The second-order valence-electron chi connectivity index (χ2n) is 5.67. The molecule has 0 spiro atoms. The van der Waals surface area contributed by atoms with Crippen LogP contribution >= 0.6 is 0 Å². The lowest BCUT2D eigenvalue weighted by Crippen LogP contribution is -2.21. The molecular formula is C19H15F3O. The third-order valence-corrected chi connectivity index (χ3v) is 4.16. The van der Waals surface area contributed by atoms with Gasteiger partial charge in [-0.2, -0.15) is 13.2 Å². The molecule has 1 nitrogen and oxygen atoms in total. The van der Waals surface area contributed by atoms with Crippen LogP contribution in [0.4, 0.5) is 13.2 Å². The molecule has 1 aliphatic carbocycles. The number of halogens is 3. The van der Waals surface area contributed by atoms with Crippen molar-refractivity contribution in [2.45, 2.75) is 19.0 Å². The Bertz CT molecular complexity index is 730. The molecule has 1 aliphatic rings. The van der Waals surface area contributed by atoms with Crippen LogP contribution in [0, 0.1) is 5.92 Å². The maximum atomic E-state index is 13.2. The van der Waals surface area contributed by atoms with Crippen molar-refractivity contribution >= 4 is 11.4 Å². The second-order valence-corrected chi connectivity index (χ2v) is 5.67. The first-order valence-electron chi connectivity index (χ1n) is 7.40. The van der Waals surface area contributed by atoms with Crippen LogP contribution in [0.1, 0.15) is 28.8 Å². The number of benzene rings is 2. The quantitative estimate of drug-likeness (QED) is 0.703. The molecule has 0 aliphatic heterocycles. The largest absolute Gasteiger partial charge is 0.392 e. The molecular weight excluding hydrogens is 301 g/mol. The summed E-state index contributed by atoms with van der Waals surface area (Å²) < 4.78 is 39.5. The fourth-order valence-electron chi connectivity index (χ4n) is 2.97. The Balaban J connectivity index is 2.03. The molecule has 4 heteroatoms. The van der Waals surface area contributed by atoms with E-state index >= 15 is 0 Å². The van der Waals surface area contributed by atoms with E-state index in [0.717, 1.165) is 0 Å². The lowest BCUT2D eigenvalue weighted by atomic mass is 9.96. The van der Waals surface area contributed by atoms with Gasteiger partial charge in [-0.25, -0.2) is 0 Å². The van der Waals surface area contributed by atoms with Crippen molar-refractivity contribution in [3.63, 3.8) is 0 Å². The van der Waals surface area contributed by atoms with Crippen LogP contribution in [0.5, 0.6) is 0 Å². The monoisotopic (exact) mass is 316 g/mol. The van der Waals surface area contributed by atoms with Gasteiger partial charge in [0.15, 0.2) is 5.78 Å². The van der Waals surface area contributed by atoms with Crippen LogP contribution in [-0.2, 0) is 0 Å². The molecule has 3 rings (SSSR count). The summed E-state index contributed by atoms with van der Waals surface area (Å²) in [7, 11) is 0. The smallest absolute Gasteiger partial charge is 0.289 e. The molecule has 0 saturated heterocycles. The zero-order chi connectivity index (χ0) is 16.4. The summed E-state index contributed by atoms with van der Waals surface area (Å²) in [4.78, 5) is 12.7. The Morgan fingerprint density at radius 3 is 2.00 bits per heavy atom. The Hall–Kier alpha value is -2.36. The van der Waals surface area contributed by atoms with Crippen molar-refractivity contribution < 1.29 is 18.0 Å². The highest BCUT2D eigenvalue weighted by Gasteiger charge is 2.45. The first-order valence-corrected chi connectivity index (χ1v) is 7.40. The Morgan fingerprint density at radius 1 is 0.870 bits per heavy atom. The fourth-order valence-corrected chi connectivity index (χ4v) is 2.97. The van der Waals surface area contributed by atoms with E-state index in [4.69, 9.17) is 0 Å². The van der Waals surface area contributed by atoms with Crippen molar-refractivity contribution in [1.82, 2.24) is 0 Å². The first-order chi connectivity index (χ1) is 11.0. The van der Waals surface area contributed by atoms with Gasteiger partial charge >= 0.3 is 6.18 Å². The molecule has 2 aromatic carbocycles. The van der Waals surface area contributed by atoms with Gasteiger partial charge in [0.05, 0.1) is 5.92 Å². The number of carbonyl (C=O) groups excluding carboxylic acids is 1. The van der Waals surface area contributed by atoms with Gasteiger partial charge in [0.2, 0.25) is 0 Å². The lowest BCUT2D eigenvalue weighted by molar-refractivity contribution is -0.170. The minimum Gasteiger partial charge on any atom is -0.289 e. The van der Waals surface area contributed by atoms with Crippen molar-refractivity contribution in [3.8, 4) is 0 Å². The minimum absolute atomic E-state index is 0.137. The molecule has 0 fully saturated rings. The molecule has 0 bridgehead atoms. The molecule has 2 aromatic rings. The average Bonchev–Trinajstić information content (AvgIpc) is 3.01. The minimum atomic E-state index is -4.29. The van der Waals surface area contributed by atoms with E-state index in [2.05, 4.69) is 0 Å². The summed E-state index contributed by atoms with van der Waals surface area (Å²) in [6, 6.07) is 17.3. The molecule has 23 heavy (non-hydrogen) atoms. The van der Waals surface area contributed by atoms with Crippen LogP contribution in [-0.4, -0.2) is 12.0 Å². The van der Waals surface area contributed by atoms with E-state index < -0.39 is 12.1 Å². The van der Waals surface area contributed by atoms with Crippen molar-refractivity contribution in [3.05, 3.63) is 77.4 Å². The van der Waals surface area contributed by atoms with Gasteiger partial charge in [-0.05, 0) is 24.0 Å². The highest BCUT2D eigenvalue weighted by molar-refractivity contribution is 6.13. The van der Waals surface area contributed by atoms with Crippen LogP contribution in [0.15, 0.2) is 66.2 Å². The number of alkyl halides is 3. The molecule has 0 amide bonds. The van der Waals surface area contributed by atoms with E-state index in [9.17, 15) is 18.0 Å². The highest BCUT2D eigenvalue weighted by Crippen LogP contribution is 2.46. The van der Waals surface area contributed by atoms with Gasteiger partial charge in [-0.1, -0.05) is 60.7 Å². The Kier molecular flexibility index (Phi) is 4.07. The summed E-state index contributed by atoms with van der Waals surface area (Å²) in [5.74, 6) is -1.79. The van der Waals surface area contributed by atoms with Crippen LogP contribution in [0.25, 0.3) is 5.57 Å². The van der Waals surface area contributed by atoms with Gasteiger partial charge in [-0.15, -0.1) is 0 Å². The molecule has 0 radical (unpaired) electrons. The van der Waals surface area contributed by atoms with Crippen LogP contribution < -0.4 is 0 Å². The highest BCUT2D eigenvalue weighted by atomic mass is 19.4. The zero-order valence-corrected chi connectivity index (χ0v) is 12.3. The third kappa shape index (κ3) is 3.21. The summed E-state index contributed by atoms with van der Waals surface area (Å²) in [5.41, 5.74) is 1.92. The first kappa shape index (κ1) is 15.5. The van der Waals surface area contributed by atoms with E-state index in [-0.39, 0.29) is 24.2 Å². The van der Waals surface area contributed by atoms with E-state index in [1.165, 1.54) is 0 Å². The van der Waals surface area contributed by atoms with Crippen molar-refractivity contribution in [2.24, 2.45) is 5.92 Å². The van der Waals surface area contributed by atoms with E-state index in [1.807, 2.05) is 0 Å². The fraction of sp³-hybridized carbons (Fsp3) is 0.211. The SMILES string of the molecule is O=C(C1=C(c2ccccc2)C[C@@H](C(F)(F)F)C1)c1ccccc1. The molecule has 118 valence electrons. The summed E-state index contributed by atoms with van der Waals surface area (Å²) in [6.45, 7) is 0. The van der Waals surface area contributed by atoms with Crippen molar-refractivity contribution in [1.29, 1.82) is 0 Å². The molecule has 0 aromatic heterocycles. The summed E-state index contributed by atoms with van der Waals surface area (Å²) in [5, 5.41) is 0. The lowest BCUT2D eigenvalue weighted by Gasteiger charge is -2.14. The zero-order valence-electron chi connectivity index (χ0n) is 12.3. The van der Waals surface area contributed by atoms with Gasteiger partial charge in [0.25, 0.3) is 0 Å². The number of Topliss-reactive ketones (excluding diaryl/α,β-unsaturated/α-hetero) is 1. The summed E-state index contributed by atoms with van der Waals surface area (Å²) >= 11 is 0. The topological polar surface area (TPSA) is 17.1 Å². The Morgan fingerprint density at radius 2 is 1.43 bits per heavy atom. The van der Waals surface area contributed by atoms with Crippen LogP contribution in [0.3, 0.4) is 0 Å². The van der Waals surface area contributed by atoms with Gasteiger partial charge in [0.1, 0.15) is 0 Å². The molecule has 0 unspecified atom stereocenters. The van der Waals surface area contributed by atoms with Crippen LogP contribution in [0.2, 0.25) is 0 Å². The van der Waals surface area contributed by atoms with E-state index in [0.29, 0.717) is 16.7 Å². The molecule has 0 heterocycles. The maximum absolute atomic E-state index is 13.2. The number of carbonyl (C=O) groups is 1. The second kappa shape index (κ2) is 6.03. The number of rotatable bonds is 3. The molecule has 0 N–H and O–H groups in total. The number of ketones is 1. The standard InChI is InChI=1S/C19H15F3O/c20-19(21,22)15-11-16(13-7-3-1-4-8-13)17(12-15)18(23)14-9-5-2-6-10-14/h1-10,15H,11-12H2/t15-/m1/s1. The third-order valence-electron chi connectivity index (χ3n) is 4.16.